The van der Waals surface area contributed by atoms with Crippen LogP contribution in [0.5, 0.6) is 17.2 Å². The smallest absolute Gasteiger partial charge is 0.296 e. The highest BCUT2D eigenvalue weighted by atomic mass is 16.5. The zero-order valence-electron chi connectivity index (χ0n) is 19.5. The van der Waals surface area contributed by atoms with Gasteiger partial charge in [0.2, 0.25) is 0 Å². The quantitative estimate of drug-likeness (QED) is 0.207. The van der Waals surface area contributed by atoms with Crippen LogP contribution >= 0.6 is 0 Å². The molecule has 2 heterocycles. The second kappa shape index (κ2) is 9.84. The van der Waals surface area contributed by atoms with Crippen molar-refractivity contribution in [2.24, 2.45) is 0 Å². The van der Waals surface area contributed by atoms with E-state index >= 15 is 0 Å². The number of ketones is 1. The van der Waals surface area contributed by atoms with Gasteiger partial charge < -0.3 is 23.9 Å². The number of hydrogen-bond acceptors (Lipinski definition) is 6. The van der Waals surface area contributed by atoms with E-state index in [1.54, 1.807) is 60.7 Å². The molecule has 0 radical (unpaired) electrons. The highest BCUT2D eigenvalue weighted by molar-refractivity contribution is 6.46. The zero-order valence-corrected chi connectivity index (χ0v) is 19.5. The van der Waals surface area contributed by atoms with Gasteiger partial charge in [-0.15, -0.1) is 0 Å². The number of para-hydroxylation sites is 1. The van der Waals surface area contributed by atoms with Crippen molar-refractivity contribution < 1.29 is 28.6 Å². The Morgan fingerprint density at radius 1 is 0.889 bits per heavy atom. The minimum absolute atomic E-state index is 0.0170. The van der Waals surface area contributed by atoms with Gasteiger partial charge in [-0.2, -0.15) is 0 Å². The van der Waals surface area contributed by atoms with E-state index in [4.69, 9.17) is 13.9 Å². The molecule has 1 fully saturated rings. The summed E-state index contributed by atoms with van der Waals surface area (Å²) in [6, 6.07) is 25.7. The monoisotopic (exact) mass is 481 g/mol. The number of carbonyl (C=O) groups excluding carboxylic acids is 2. The number of amides is 1. The first-order valence-electron chi connectivity index (χ1n) is 11.3. The molecule has 0 spiro atoms. The van der Waals surface area contributed by atoms with Crippen LogP contribution in [-0.2, 0) is 16.1 Å². The number of nitrogens with zero attached hydrogens (tertiary/aromatic N) is 1. The number of ether oxygens (including phenoxy) is 2. The Labute approximate surface area is 207 Å². The van der Waals surface area contributed by atoms with Gasteiger partial charge in [0, 0.05) is 5.56 Å². The van der Waals surface area contributed by atoms with E-state index in [1.165, 1.54) is 18.3 Å². The zero-order chi connectivity index (χ0) is 25.1. The molecular formula is C29H23NO6. The summed E-state index contributed by atoms with van der Waals surface area (Å²) in [5, 5.41) is 11.3. The average Bonchev–Trinajstić information content (AvgIpc) is 3.51. The standard InChI is InChI=1S/C29H23NO6/c1-34-22-12-6-9-20(17-22)27(31)25-26(30(29(33)28(25)32)18-24-14-7-15-35-24)19-8-5-13-23(16-19)36-21-10-3-2-4-11-21/h2-17,26,31H,18H2,1H3/b27-25+. The lowest BCUT2D eigenvalue weighted by Crippen LogP contribution is -2.29. The molecule has 4 aromatic rings. The Hall–Kier alpha value is -4.78. The molecule has 180 valence electrons. The molecule has 7 nitrogen and oxygen atoms in total. The fraction of sp³-hybridized carbons (Fsp3) is 0.103. The number of benzene rings is 3. The van der Waals surface area contributed by atoms with Crippen LogP contribution in [0.1, 0.15) is 22.9 Å². The topological polar surface area (TPSA) is 89.2 Å². The van der Waals surface area contributed by atoms with Crippen LogP contribution in [-0.4, -0.2) is 28.8 Å². The summed E-state index contributed by atoms with van der Waals surface area (Å²) >= 11 is 0. The van der Waals surface area contributed by atoms with Gasteiger partial charge in [-0.05, 0) is 54.1 Å². The minimum atomic E-state index is -0.861. The molecule has 1 aromatic heterocycles. The number of methoxy groups -OCH3 is 1. The highest BCUT2D eigenvalue weighted by Gasteiger charge is 2.46. The Bertz CT molecular complexity index is 1430. The molecule has 7 heteroatoms. The van der Waals surface area contributed by atoms with Crippen molar-refractivity contribution in [2.75, 3.05) is 7.11 Å². The van der Waals surface area contributed by atoms with Crippen LogP contribution in [0, 0.1) is 0 Å². The summed E-state index contributed by atoms with van der Waals surface area (Å²) in [4.78, 5) is 27.9. The Balaban J connectivity index is 1.62. The second-order valence-electron chi connectivity index (χ2n) is 8.23. The Kier molecular flexibility index (Phi) is 6.28. The average molecular weight is 482 g/mol. The largest absolute Gasteiger partial charge is 0.507 e. The predicted octanol–water partition coefficient (Wildman–Crippen LogP) is 5.70. The third-order valence-corrected chi connectivity index (χ3v) is 5.94. The van der Waals surface area contributed by atoms with Crippen molar-refractivity contribution in [3.8, 4) is 17.2 Å². The lowest BCUT2D eigenvalue weighted by molar-refractivity contribution is -0.140. The summed E-state index contributed by atoms with van der Waals surface area (Å²) in [6.07, 6.45) is 1.51. The molecule has 36 heavy (non-hydrogen) atoms. The first kappa shape index (κ1) is 23.0. The summed E-state index contributed by atoms with van der Waals surface area (Å²) in [6.45, 7) is 0.0564. The van der Waals surface area contributed by atoms with Gasteiger partial charge in [0.05, 0.1) is 31.5 Å². The Morgan fingerprint density at radius 2 is 1.64 bits per heavy atom. The van der Waals surface area contributed by atoms with Gasteiger partial charge >= 0.3 is 0 Å². The molecule has 3 aromatic carbocycles. The number of Topliss-reactive ketones (excluding diaryl/α,β-unsaturated/α-hetero) is 1. The summed E-state index contributed by atoms with van der Waals surface area (Å²) in [5.74, 6) is 0.419. The van der Waals surface area contributed by atoms with Crippen LogP contribution in [0.3, 0.4) is 0 Å². The molecule has 0 aliphatic carbocycles. The van der Waals surface area contributed by atoms with Crippen molar-refractivity contribution >= 4 is 17.4 Å². The third kappa shape index (κ3) is 4.46. The van der Waals surface area contributed by atoms with E-state index in [2.05, 4.69) is 0 Å². The summed E-state index contributed by atoms with van der Waals surface area (Å²) in [5.41, 5.74) is 0.961. The van der Waals surface area contributed by atoms with Gasteiger partial charge in [0.15, 0.2) is 0 Å². The number of hydrogen-bond donors (Lipinski definition) is 1. The minimum Gasteiger partial charge on any atom is -0.507 e. The second-order valence-corrected chi connectivity index (χ2v) is 8.23. The molecule has 1 aliphatic heterocycles. The maximum absolute atomic E-state index is 13.3. The molecular weight excluding hydrogens is 458 g/mol. The number of aliphatic hydroxyl groups excluding tert-OH is 1. The van der Waals surface area contributed by atoms with E-state index in [1.807, 2.05) is 30.3 Å². The van der Waals surface area contributed by atoms with Crippen molar-refractivity contribution in [2.45, 2.75) is 12.6 Å². The van der Waals surface area contributed by atoms with Crippen molar-refractivity contribution in [1.29, 1.82) is 0 Å². The molecule has 1 amide bonds. The Morgan fingerprint density at radius 3 is 2.39 bits per heavy atom. The number of rotatable bonds is 7. The molecule has 1 saturated heterocycles. The molecule has 5 rings (SSSR count). The van der Waals surface area contributed by atoms with Gasteiger partial charge in [-0.3, -0.25) is 9.59 Å². The van der Waals surface area contributed by atoms with Crippen LogP contribution in [0.25, 0.3) is 5.76 Å². The van der Waals surface area contributed by atoms with E-state index in [0.717, 1.165) is 0 Å². The molecule has 0 bridgehead atoms. The van der Waals surface area contributed by atoms with Crippen LogP contribution in [0.15, 0.2) is 107 Å². The third-order valence-electron chi connectivity index (χ3n) is 5.94. The summed E-state index contributed by atoms with van der Waals surface area (Å²) < 4.78 is 16.7. The van der Waals surface area contributed by atoms with Crippen molar-refractivity contribution in [1.82, 2.24) is 4.90 Å². The SMILES string of the molecule is COc1cccc(/C(O)=C2\C(=O)C(=O)N(Cc3ccco3)C2c2cccc(Oc3ccccc3)c2)c1. The fourth-order valence-corrected chi connectivity index (χ4v) is 4.26. The number of furan rings is 1. The maximum Gasteiger partial charge on any atom is 0.296 e. The lowest BCUT2D eigenvalue weighted by Gasteiger charge is -2.25. The first-order chi connectivity index (χ1) is 17.5. The van der Waals surface area contributed by atoms with Crippen LogP contribution in [0.2, 0.25) is 0 Å². The molecule has 1 unspecified atom stereocenters. The van der Waals surface area contributed by atoms with Gasteiger partial charge in [-0.25, -0.2) is 0 Å². The van der Waals surface area contributed by atoms with E-state index in [-0.39, 0.29) is 17.9 Å². The first-order valence-corrected chi connectivity index (χ1v) is 11.3. The molecule has 1 atom stereocenters. The van der Waals surface area contributed by atoms with Crippen LogP contribution < -0.4 is 9.47 Å². The van der Waals surface area contributed by atoms with E-state index in [0.29, 0.717) is 34.1 Å². The molecule has 1 aliphatic rings. The predicted molar refractivity (Wildman–Crippen MR) is 133 cm³/mol. The highest BCUT2D eigenvalue weighted by Crippen LogP contribution is 2.41. The van der Waals surface area contributed by atoms with Gasteiger partial charge in [0.1, 0.15) is 28.8 Å². The molecule has 1 N–H and O–H groups in total. The van der Waals surface area contributed by atoms with Crippen molar-refractivity contribution in [3.05, 3.63) is 120 Å². The van der Waals surface area contributed by atoms with E-state index in [9.17, 15) is 14.7 Å². The number of aliphatic hydroxyl groups is 1. The maximum atomic E-state index is 13.3. The normalized spacial score (nSPS) is 16.8. The van der Waals surface area contributed by atoms with E-state index < -0.39 is 17.7 Å². The number of likely N-dealkylation sites (tertiary alicyclic amines) is 1. The number of carbonyl (C=O) groups is 2. The van der Waals surface area contributed by atoms with Gasteiger partial charge in [-0.1, -0.05) is 42.5 Å². The fourth-order valence-electron chi connectivity index (χ4n) is 4.26. The molecule has 0 saturated carbocycles. The van der Waals surface area contributed by atoms with Crippen molar-refractivity contribution in [3.63, 3.8) is 0 Å². The summed E-state index contributed by atoms with van der Waals surface area (Å²) in [7, 11) is 1.51. The van der Waals surface area contributed by atoms with Crippen LogP contribution in [0.4, 0.5) is 0 Å². The lowest BCUT2D eigenvalue weighted by atomic mass is 9.95. The van der Waals surface area contributed by atoms with Gasteiger partial charge in [0.25, 0.3) is 11.7 Å².